The van der Waals surface area contributed by atoms with Crippen molar-refractivity contribution < 1.29 is 9.72 Å². The summed E-state index contributed by atoms with van der Waals surface area (Å²) in [4.78, 5) is 27.1. The van der Waals surface area contributed by atoms with E-state index < -0.39 is 4.92 Å². The highest BCUT2D eigenvalue weighted by Gasteiger charge is 2.17. The average molecular weight is 324 g/mol. The summed E-state index contributed by atoms with van der Waals surface area (Å²) in [6.45, 7) is 3.86. The molecule has 122 valence electrons. The number of hydrogen-bond donors (Lipinski definition) is 1. The van der Waals surface area contributed by atoms with Crippen LogP contribution < -0.4 is 5.32 Å². The van der Waals surface area contributed by atoms with Crippen molar-refractivity contribution in [2.24, 2.45) is 0 Å². The highest BCUT2D eigenvalue weighted by molar-refractivity contribution is 5.93. The van der Waals surface area contributed by atoms with Gasteiger partial charge in [-0.2, -0.15) is 0 Å². The number of imidazole rings is 1. The number of para-hydroxylation sites is 1. The van der Waals surface area contributed by atoms with Crippen molar-refractivity contribution in [1.29, 1.82) is 0 Å². The standard InChI is InChI=1S/C17H16N4O3/c1-11-6-12(2)8-13(7-11)19-16(22)9-20-10-18-14-4-3-5-15(17(14)20)21(23)24/h3-8,10H,9H2,1-2H3,(H,19,22). The van der Waals surface area contributed by atoms with Gasteiger partial charge in [-0.3, -0.25) is 14.9 Å². The number of nitrogens with zero attached hydrogens (tertiary/aromatic N) is 3. The van der Waals surface area contributed by atoms with Crippen LogP contribution in [0.1, 0.15) is 11.1 Å². The number of non-ortho nitro benzene ring substituents is 1. The maximum Gasteiger partial charge on any atom is 0.295 e. The number of aromatic nitrogens is 2. The SMILES string of the molecule is Cc1cc(C)cc(NC(=O)Cn2cnc3cccc([N+](=O)[O-])c32)c1. The first-order chi connectivity index (χ1) is 11.4. The van der Waals surface area contributed by atoms with Gasteiger partial charge in [-0.05, 0) is 43.2 Å². The van der Waals surface area contributed by atoms with Crippen LogP contribution in [0.25, 0.3) is 11.0 Å². The van der Waals surface area contributed by atoms with E-state index in [2.05, 4.69) is 10.3 Å². The van der Waals surface area contributed by atoms with E-state index in [1.54, 1.807) is 12.1 Å². The van der Waals surface area contributed by atoms with Crippen LogP contribution in [0.15, 0.2) is 42.7 Å². The molecule has 0 spiro atoms. The molecule has 0 aliphatic rings. The van der Waals surface area contributed by atoms with Crippen LogP contribution in [-0.4, -0.2) is 20.4 Å². The lowest BCUT2D eigenvalue weighted by molar-refractivity contribution is -0.383. The zero-order valence-corrected chi connectivity index (χ0v) is 13.3. The minimum Gasteiger partial charge on any atom is -0.325 e. The molecule has 0 saturated heterocycles. The Morgan fingerprint density at radius 3 is 2.62 bits per heavy atom. The summed E-state index contributed by atoms with van der Waals surface area (Å²) < 4.78 is 1.49. The molecule has 1 N–H and O–H groups in total. The number of nitro groups is 1. The molecule has 0 bridgehead atoms. The number of carbonyl (C=O) groups is 1. The summed E-state index contributed by atoms with van der Waals surface area (Å²) in [5.74, 6) is -0.266. The first-order valence-corrected chi connectivity index (χ1v) is 7.40. The topological polar surface area (TPSA) is 90.1 Å². The highest BCUT2D eigenvalue weighted by atomic mass is 16.6. The number of fused-ring (bicyclic) bond motifs is 1. The number of anilines is 1. The van der Waals surface area contributed by atoms with Crippen LogP contribution >= 0.6 is 0 Å². The third-order valence-electron chi connectivity index (χ3n) is 3.63. The molecule has 7 nitrogen and oxygen atoms in total. The fourth-order valence-corrected chi connectivity index (χ4v) is 2.78. The van der Waals surface area contributed by atoms with Gasteiger partial charge in [0.2, 0.25) is 5.91 Å². The Kier molecular flexibility index (Phi) is 3.99. The summed E-state index contributed by atoms with van der Waals surface area (Å²) in [6, 6.07) is 10.4. The van der Waals surface area contributed by atoms with Crippen molar-refractivity contribution in [3.63, 3.8) is 0 Å². The summed E-state index contributed by atoms with van der Waals surface area (Å²) in [6.07, 6.45) is 1.44. The van der Waals surface area contributed by atoms with E-state index in [1.807, 2.05) is 32.0 Å². The lowest BCUT2D eigenvalue weighted by Gasteiger charge is -2.09. The van der Waals surface area contributed by atoms with E-state index in [4.69, 9.17) is 0 Å². The second-order valence-electron chi connectivity index (χ2n) is 5.70. The van der Waals surface area contributed by atoms with Crippen molar-refractivity contribution in [1.82, 2.24) is 9.55 Å². The van der Waals surface area contributed by atoms with E-state index in [0.717, 1.165) is 11.1 Å². The normalized spacial score (nSPS) is 10.8. The number of hydrogen-bond acceptors (Lipinski definition) is 4. The largest absolute Gasteiger partial charge is 0.325 e. The molecule has 0 aliphatic heterocycles. The van der Waals surface area contributed by atoms with Crippen molar-refractivity contribution in [2.75, 3.05) is 5.32 Å². The zero-order chi connectivity index (χ0) is 17.3. The van der Waals surface area contributed by atoms with Gasteiger partial charge in [-0.25, -0.2) is 4.98 Å². The molecule has 0 radical (unpaired) electrons. The number of nitro benzene ring substituents is 1. The highest BCUT2D eigenvalue weighted by Crippen LogP contribution is 2.24. The second-order valence-corrected chi connectivity index (χ2v) is 5.70. The Morgan fingerprint density at radius 2 is 1.96 bits per heavy atom. The molecule has 3 rings (SSSR count). The average Bonchev–Trinajstić information content (AvgIpc) is 2.89. The van der Waals surface area contributed by atoms with Crippen molar-refractivity contribution >= 4 is 28.3 Å². The van der Waals surface area contributed by atoms with E-state index in [-0.39, 0.29) is 18.1 Å². The van der Waals surface area contributed by atoms with Crippen LogP contribution in [0, 0.1) is 24.0 Å². The number of aryl methyl sites for hydroxylation is 2. The van der Waals surface area contributed by atoms with Gasteiger partial charge < -0.3 is 9.88 Å². The van der Waals surface area contributed by atoms with Crippen molar-refractivity contribution in [2.45, 2.75) is 20.4 Å². The molecule has 0 saturated carbocycles. The van der Waals surface area contributed by atoms with E-state index in [0.29, 0.717) is 16.7 Å². The summed E-state index contributed by atoms with van der Waals surface area (Å²) >= 11 is 0. The van der Waals surface area contributed by atoms with Gasteiger partial charge in [-0.15, -0.1) is 0 Å². The Morgan fingerprint density at radius 1 is 1.25 bits per heavy atom. The number of rotatable bonds is 4. The number of amides is 1. The Bertz CT molecular complexity index is 926. The smallest absolute Gasteiger partial charge is 0.295 e. The number of benzene rings is 2. The van der Waals surface area contributed by atoms with Crippen LogP contribution in [0.5, 0.6) is 0 Å². The third kappa shape index (κ3) is 3.10. The minimum absolute atomic E-state index is 0.0473. The van der Waals surface area contributed by atoms with Crippen LogP contribution in [0.4, 0.5) is 11.4 Å². The van der Waals surface area contributed by atoms with Crippen LogP contribution in [-0.2, 0) is 11.3 Å². The molecule has 24 heavy (non-hydrogen) atoms. The Hall–Kier alpha value is -3.22. The monoisotopic (exact) mass is 324 g/mol. The fourth-order valence-electron chi connectivity index (χ4n) is 2.78. The summed E-state index contributed by atoms with van der Waals surface area (Å²) in [5, 5.41) is 14.0. The fraction of sp³-hybridized carbons (Fsp3) is 0.176. The molecule has 1 heterocycles. The lowest BCUT2D eigenvalue weighted by atomic mass is 10.1. The molecular formula is C17H16N4O3. The van der Waals surface area contributed by atoms with E-state index in [1.165, 1.54) is 17.0 Å². The molecule has 1 amide bonds. The maximum atomic E-state index is 12.3. The maximum absolute atomic E-state index is 12.3. The molecule has 2 aromatic carbocycles. The molecule has 1 aromatic heterocycles. The lowest BCUT2D eigenvalue weighted by Crippen LogP contribution is -2.18. The van der Waals surface area contributed by atoms with Crippen molar-refractivity contribution in [3.05, 3.63) is 64.0 Å². The van der Waals surface area contributed by atoms with Gasteiger partial charge in [-0.1, -0.05) is 12.1 Å². The van der Waals surface area contributed by atoms with Gasteiger partial charge in [0, 0.05) is 11.8 Å². The predicted molar refractivity (Wildman–Crippen MR) is 90.9 cm³/mol. The molecule has 0 atom stereocenters. The second kappa shape index (κ2) is 6.11. The molecule has 3 aromatic rings. The van der Waals surface area contributed by atoms with Gasteiger partial charge in [0.1, 0.15) is 12.1 Å². The van der Waals surface area contributed by atoms with Gasteiger partial charge in [0.25, 0.3) is 5.69 Å². The van der Waals surface area contributed by atoms with Crippen molar-refractivity contribution in [3.8, 4) is 0 Å². The Balaban J connectivity index is 1.87. The molecule has 0 aliphatic carbocycles. The van der Waals surface area contributed by atoms with E-state index in [9.17, 15) is 14.9 Å². The zero-order valence-electron chi connectivity index (χ0n) is 13.3. The molecule has 0 fully saturated rings. The molecular weight excluding hydrogens is 308 g/mol. The third-order valence-corrected chi connectivity index (χ3v) is 3.63. The number of carbonyl (C=O) groups excluding carboxylic acids is 1. The van der Waals surface area contributed by atoms with Gasteiger partial charge >= 0.3 is 0 Å². The molecule has 7 heteroatoms. The Labute approximate surface area is 138 Å². The predicted octanol–water partition coefficient (Wildman–Crippen LogP) is 3.20. The summed E-state index contributed by atoms with van der Waals surface area (Å²) in [5.41, 5.74) is 3.57. The minimum atomic E-state index is -0.470. The quantitative estimate of drug-likeness (QED) is 0.589. The van der Waals surface area contributed by atoms with Gasteiger partial charge in [0.05, 0.1) is 16.8 Å². The van der Waals surface area contributed by atoms with Crippen LogP contribution in [0.3, 0.4) is 0 Å². The first kappa shape index (κ1) is 15.7. The molecule has 0 unspecified atom stereocenters. The van der Waals surface area contributed by atoms with E-state index >= 15 is 0 Å². The number of nitrogens with one attached hydrogen (secondary N) is 1. The van der Waals surface area contributed by atoms with Crippen LogP contribution in [0.2, 0.25) is 0 Å². The first-order valence-electron chi connectivity index (χ1n) is 7.40. The summed E-state index contributed by atoms with van der Waals surface area (Å²) in [7, 11) is 0. The van der Waals surface area contributed by atoms with Gasteiger partial charge in [0.15, 0.2) is 0 Å².